The molecule has 1 saturated carbocycles. The van der Waals surface area contributed by atoms with E-state index in [2.05, 4.69) is 15.9 Å². The minimum atomic E-state index is -0.642. The normalized spacial score (nSPS) is 22.4. The molecule has 1 aromatic carbocycles. The van der Waals surface area contributed by atoms with Crippen LogP contribution in [0.2, 0.25) is 0 Å². The first-order chi connectivity index (χ1) is 16.6. The van der Waals surface area contributed by atoms with Crippen molar-refractivity contribution < 1.29 is 13.5 Å². The third-order valence-corrected chi connectivity index (χ3v) is 7.22. The molecular weight excluding hydrogens is 438 g/mol. The smallest absolute Gasteiger partial charge is 0.164 e. The molecule has 7 nitrogen and oxygen atoms in total. The number of fused-ring (bicyclic) bond motifs is 3. The van der Waals surface area contributed by atoms with E-state index < -0.39 is 11.6 Å². The Balaban J connectivity index is 1.30. The Bertz CT molecular complexity index is 1410. The van der Waals surface area contributed by atoms with E-state index in [4.69, 9.17) is 19.7 Å². The van der Waals surface area contributed by atoms with Crippen molar-refractivity contribution >= 4 is 11.2 Å². The van der Waals surface area contributed by atoms with Gasteiger partial charge in [0, 0.05) is 48.9 Å². The number of rotatable bonds is 4. The Kier molecular flexibility index (Phi) is 4.55. The Morgan fingerprint density at radius 3 is 2.82 bits per heavy atom. The van der Waals surface area contributed by atoms with Crippen LogP contribution in [0.15, 0.2) is 30.6 Å². The maximum atomic E-state index is 14.8. The monoisotopic (exact) mass is 462 g/mol. The van der Waals surface area contributed by atoms with Crippen molar-refractivity contribution in [1.82, 2.24) is 29.3 Å². The SMILES string of the molecule is Fc1ccc(-c2nc(C3CCOC(c4cnn(C5CC5)c4)C3)nc3c2nc2n3CCC2)c(F)c1. The van der Waals surface area contributed by atoms with Gasteiger partial charge in [-0.1, -0.05) is 0 Å². The molecule has 2 atom stereocenters. The van der Waals surface area contributed by atoms with Crippen LogP contribution in [0.3, 0.4) is 0 Å². The first-order valence-electron chi connectivity index (χ1n) is 12.0. The minimum absolute atomic E-state index is 0.0576. The molecular formula is C25H24F2N6O. The average molecular weight is 463 g/mol. The van der Waals surface area contributed by atoms with Gasteiger partial charge in [-0.05, 0) is 44.2 Å². The summed E-state index contributed by atoms with van der Waals surface area (Å²) in [4.78, 5) is 14.5. The van der Waals surface area contributed by atoms with E-state index in [1.54, 1.807) is 0 Å². The van der Waals surface area contributed by atoms with Crippen LogP contribution >= 0.6 is 0 Å². The standard InChI is InChI=1S/C25H24F2N6O/c26-16-3-6-18(19(27)11-16)22-23-25(32-8-1-2-21(32)29-23)31-24(30-22)14-7-9-34-20(10-14)15-12-28-33(13-15)17-4-5-17/h3,6,11-14,17,20H,1-2,4-5,7-10H2. The van der Waals surface area contributed by atoms with Gasteiger partial charge >= 0.3 is 0 Å². The maximum absolute atomic E-state index is 14.8. The highest BCUT2D eigenvalue weighted by Gasteiger charge is 2.32. The van der Waals surface area contributed by atoms with E-state index in [9.17, 15) is 8.78 Å². The number of nitrogens with zero attached hydrogens (tertiary/aromatic N) is 6. The largest absolute Gasteiger partial charge is 0.373 e. The van der Waals surface area contributed by atoms with Crippen LogP contribution < -0.4 is 0 Å². The molecule has 7 rings (SSSR count). The molecule has 0 spiro atoms. The molecule has 3 aliphatic rings. The van der Waals surface area contributed by atoms with Gasteiger partial charge in [-0.3, -0.25) is 4.68 Å². The molecule has 4 aromatic rings. The van der Waals surface area contributed by atoms with Crippen molar-refractivity contribution in [1.29, 1.82) is 0 Å². The second kappa shape index (κ2) is 7.66. The Morgan fingerprint density at radius 2 is 1.97 bits per heavy atom. The zero-order valence-corrected chi connectivity index (χ0v) is 18.6. The van der Waals surface area contributed by atoms with E-state index in [-0.39, 0.29) is 17.6 Å². The van der Waals surface area contributed by atoms with Crippen molar-refractivity contribution in [3.8, 4) is 11.3 Å². The van der Waals surface area contributed by atoms with E-state index in [1.165, 1.54) is 25.0 Å². The number of hydrogen-bond acceptors (Lipinski definition) is 5. The summed E-state index contributed by atoms with van der Waals surface area (Å²) < 4.78 is 38.7. The van der Waals surface area contributed by atoms with Gasteiger partial charge in [0.25, 0.3) is 0 Å². The number of benzene rings is 1. The fraction of sp³-hybridized carbons (Fsp3) is 0.440. The van der Waals surface area contributed by atoms with Crippen LogP contribution in [0, 0.1) is 11.6 Å². The zero-order valence-electron chi connectivity index (χ0n) is 18.6. The fourth-order valence-corrected chi connectivity index (χ4v) is 5.26. The van der Waals surface area contributed by atoms with Crippen LogP contribution in [-0.2, 0) is 17.7 Å². The van der Waals surface area contributed by atoms with Crippen LogP contribution in [0.25, 0.3) is 22.4 Å². The summed E-state index contributed by atoms with van der Waals surface area (Å²) in [6.45, 7) is 1.43. The van der Waals surface area contributed by atoms with Gasteiger partial charge in [-0.15, -0.1) is 0 Å². The first kappa shape index (κ1) is 20.2. The molecule has 1 saturated heterocycles. The lowest BCUT2D eigenvalue weighted by atomic mass is 9.92. The van der Waals surface area contributed by atoms with E-state index in [0.29, 0.717) is 29.7 Å². The van der Waals surface area contributed by atoms with Gasteiger partial charge in [-0.25, -0.2) is 23.7 Å². The van der Waals surface area contributed by atoms with E-state index in [1.807, 2.05) is 10.9 Å². The van der Waals surface area contributed by atoms with Crippen molar-refractivity contribution in [2.24, 2.45) is 0 Å². The number of ether oxygens (including phenoxy) is 1. The molecule has 1 aliphatic carbocycles. The highest BCUT2D eigenvalue weighted by Crippen LogP contribution is 2.40. The molecule has 0 radical (unpaired) electrons. The lowest BCUT2D eigenvalue weighted by Gasteiger charge is -2.28. The van der Waals surface area contributed by atoms with Crippen molar-refractivity contribution in [2.45, 2.75) is 63.1 Å². The molecule has 2 unspecified atom stereocenters. The van der Waals surface area contributed by atoms with E-state index in [0.717, 1.165) is 55.3 Å². The van der Waals surface area contributed by atoms with Crippen molar-refractivity contribution in [2.75, 3.05) is 6.61 Å². The van der Waals surface area contributed by atoms with Gasteiger partial charge in [0.15, 0.2) is 5.65 Å². The summed E-state index contributed by atoms with van der Waals surface area (Å²) >= 11 is 0. The topological polar surface area (TPSA) is 70.7 Å². The lowest BCUT2D eigenvalue weighted by Crippen LogP contribution is -2.20. The highest BCUT2D eigenvalue weighted by molar-refractivity contribution is 5.88. The summed E-state index contributed by atoms with van der Waals surface area (Å²) in [5.41, 5.74) is 3.08. The summed E-state index contributed by atoms with van der Waals surface area (Å²) in [5, 5.41) is 4.52. The van der Waals surface area contributed by atoms with Crippen LogP contribution in [-0.4, -0.2) is 35.9 Å². The number of imidazole rings is 1. The summed E-state index contributed by atoms with van der Waals surface area (Å²) in [5.74, 6) is 0.420. The minimum Gasteiger partial charge on any atom is -0.373 e. The quantitative estimate of drug-likeness (QED) is 0.432. The number of hydrogen-bond donors (Lipinski definition) is 0. The predicted octanol–water partition coefficient (Wildman–Crippen LogP) is 4.88. The van der Waals surface area contributed by atoms with E-state index >= 15 is 0 Å². The molecule has 0 amide bonds. The number of aromatic nitrogens is 6. The van der Waals surface area contributed by atoms with Crippen molar-refractivity contribution in [3.63, 3.8) is 0 Å². The first-order valence-corrected chi connectivity index (χ1v) is 12.0. The summed E-state index contributed by atoms with van der Waals surface area (Å²) in [6, 6.07) is 4.13. The summed E-state index contributed by atoms with van der Waals surface area (Å²) in [6.07, 6.45) is 9.68. The fourth-order valence-electron chi connectivity index (χ4n) is 5.26. The van der Waals surface area contributed by atoms with Gasteiger partial charge < -0.3 is 9.30 Å². The van der Waals surface area contributed by atoms with Gasteiger partial charge in [-0.2, -0.15) is 5.10 Å². The molecule has 174 valence electrons. The predicted molar refractivity (Wildman–Crippen MR) is 120 cm³/mol. The second-order valence-corrected chi connectivity index (χ2v) is 9.58. The zero-order chi connectivity index (χ0) is 22.8. The second-order valence-electron chi connectivity index (χ2n) is 9.58. The van der Waals surface area contributed by atoms with Crippen molar-refractivity contribution in [3.05, 3.63) is 59.4 Å². The summed E-state index contributed by atoms with van der Waals surface area (Å²) in [7, 11) is 0. The highest BCUT2D eigenvalue weighted by atomic mass is 19.1. The third kappa shape index (κ3) is 3.33. The third-order valence-electron chi connectivity index (χ3n) is 7.22. The molecule has 2 fully saturated rings. The van der Waals surface area contributed by atoms with Gasteiger partial charge in [0.05, 0.1) is 18.3 Å². The molecule has 0 bridgehead atoms. The molecule has 5 heterocycles. The average Bonchev–Trinajstić information content (AvgIpc) is 3.24. The molecule has 0 N–H and O–H groups in total. The molecule has 9 heteroatoms. The number of aryl methyl sites for hydroxylation is 2. The van der Waals surface area contributed by atoms with Crippen LogP contribution in [0.4, 0.5) is 8.78 Å². The van der Waals surface area contributed by atoms with Gasteiger partial charge in [0.1, 0.15) is 34.5 Å². The molecule has 2 aliphatic heterocycles. The Labute approximate surface area is 194 Å². The Hall–Kier alpha value is -3.20. The maximum Gasteiger partial charge on any atom is 0.164 e. The number of halogens is 2. The Morgan fingerprint density at radius 1 is 1.06 bits per heavy atom. The van der Waals surface area contributed by atoms with Gasteiger partial charge in [0.2, 0.25) is 0 Å². The molecule has 3 aromatic heterocycles. The lowest BCUT2D eigenvalue weighted by molar-refractivity contribution is 0.00396. The molecule has 34 heavy (non-hydrogen) atoms. The van der Waals surface area contributed by atoms with Crippen LogP contribution in [0.5, 0.6) is 0 Å². The van der Waals surface area contributed by atoms with Crippen LogP contribution in [0.1, 0.15) is 67.4 Å².